The van der Waals surface area contributed by atoms with Gasteiger partial charge >= 0.3 is 0 Å². The topological polar surface area (TPSA) is 103 Å². The predicted molar refractivity (Wildman–Crippen MR) is 102 cm³/mol. The Morgan fingerprint density at radius 2 is 2.15 bits per heavy atom. The van der Waals surface area contributed by atoms with Gasteiger partial charge in [0.25, 0.3) is 5.91 Å². The molecule has 0 aromatic carbocycles. The van der Waals surface area contributed by atoms with E-state index < -0.39 is 0 Å². The van der Waals surface area contributed by atoms with Gasteiger partial charge in [-0.1, -0.05) is 6.58 Å². The fourth-order valence-electron chi connectivity index (χ4n) is 3.09. The lowest BCUT2D eigenvalue weighted by atomic mass is 10.2. The van der Waals surface area contributed by atoms with Crippen molar-refractivity contribution in [2.24, 2.45) is 0 Å². The Bertz CT molecular complexity index is 841. The van der Waals surface area contributed by atoms with E-state index in [4.69, 9.17) is 4.74 Å². The number of nitrogens with one attached hydrogen (secondary N) is 2. The SMILES string of the molecule is C=CC(=O)N1CCN(c2cnc3[nH]cc(C(=O)N[C@H](C)COC)c3n2)CC1. The van der Waals surface area contributed by atoms with E-state index in [9.17, 15) is 9.59 Å². The summed E-state index contributed by atoms with van der Waals surface area (Å²) in [5.74, 6) is 0.399. The van der Waals surface area contributed by atoms with Crippen LogP contribution >= 0.6 is 0 Å². The van der Waals surface area contributed by atoms with Gasteiger partial charge in [0.15, 0.2) is 5.65 Å². The summed E-state index contributed by atoms with van der Waals surface area (Å²) < 4.78 is 5.05. The minimum Gasteiger partial charge on any atom is -0.383 e. The van der Waals surface area contributed by atoms with Crippen molar-refractivity contribution in [3.63, 3.8) is 0 Å². The van der Waals surface area contributed by atoms with Crippen molar-refractivity contribution in [2.45, 2.75) is 13.0 Å². The second-order valence-electron chi connectivity index (χ2n) is 6.47. The Hall–Kier alpha value is -2.94. The van der Waals surface area contributed by atoms with E-state index in [-0.39, 0.29) is 17.9 Å². The summed E-state index contributed by atoms with van der Waals surface area (Å²) in [7, 11) is 1.59. The maximum absolute atomic E-state index is 12.5. The highest BCUT2D eigenvalue weighted by atomic mass is 16.5. The maximum atomic E-state index is 12.5. The van der Waals surface area contributed by atoms with Crippen LogP contribution in [0.1, 0.15) is 17.3 Å². The van der Waals surface area contributed by atoms with Crippen LogP contribution < -0.4 is 10.2 Å². The number of aromatic nitrogens is 3. The number of rotatable bonds is 6. The van der Waals surface area contributed by atoms with Gasteiger partial charge in [-0.2, -0.15) is 0 Å². The lowest BCUT2D eigenvalue weighted by molar-refractivity contribution is -0.126. The number of amides is 2. The fourth-order valence-corrected chi connectivity index (χ4v) is 3.09. The van der Waals surface area contributed by atoms with Crippen molar-refractivity contribution in [3.8, 4) is 0 Å². The fraction of sp³-hybridized carbons (Fsp3) is 0.444. The van der Waals surface area contributed by atoms with E-state index in [1.165, 1.54) is 6.08 Å². The van der Waals surface area contributed by atoms with Crippen molar-refractivity contribution in [1.29, 1.82) is 0 Å². The van der Waals surface area contributed by atoms with E-state index >= 15 is 0 Å². The molecule has 2 amide bonds. The second-order valence-corrected chi connectivity index (χ2v) is 6.47. The summed E-state index contributed by atoms with van der Waals surface area (Å²) in [4.78, 5) is 40.0. The normalized spacial score (nSPS) is 15.6. The van der Waals surface area contributed by atoms with E-state index in [0.717, 1.165) is 0 Å². The van der Waals surface area contributed by atoms with Crippen LogP contribution in [-0.2, 0) is 9.53 Å². The van der Waals surface area contributed by atoms with Crippen LogP contribution in [0.5, 0.6) is 0 Å². The van der Waals surface area contributed by atoms with Gasteiger partial charge in [-0.3, -0.25) is 9.59 Å². The molecular formula is C18H24N6O3. The van der Waals surface area contributed by atoms with Gasteiger partial charge in [-0.05, 0) is 13.0 Å². The number of carbonyl (C=O) groups excluding carboxylic acids is 2. The van der Waals surface area contributed by atoms with Crippen molar-refractivity contribution >= 4 is 28.8 Å². The van der Waals surface area contributed by atoms with Crippen LogP contribution in [0.2, 0.25) is 0 Å². The number of hydrogen-bond donors (Lipinski definition) is 2. The summed E-state index contributed by atoms with van der Waals surface area (Å²) in [6, 6.07) is -0.112. The summed E-state index contributed by atoms with van der Waals surface area (Å²) >= 11 is 0. The number of fused-ring (bicyclic) bond motifs is 1. The number of ether oxygens (including phenoxy) is 1. The minimum atomic E-state index is -0.223. The Balaban J connectivity index is 1.76. The van der Waals surface area contributed by atoms with Crippen molar-refractivity contribution in [1.82, 2.24) is 25.2 Å². The second kappa shape index (κ2) is 8.17. The molecule has 2 aromatic heterocycles. The Morgan fingerprint density at radius 3 is 2.81 bits per heavy atom. The first-order chi connectivity index (χ1) is 13.0. The number of methoxy groups -OCH3 is 1. The maximum Gasteiger partial charge on any atom is 0.255 e. The van der Waals surface area contributed by atoms with E-state index in [2.05, 4.69) is 31.7 Å². The van der Waals surface area contributed by atoms with Gasteiger partial charge in [0.2, 0.25) is 5.91 Å². The lowest BCUT2D eigenvalue weighted by Gasteiger charge is -2.34. The number of hydrogen-bond acceptors (Lipinski definition) is 6. The highest BCUT2D eigenvalue weighted by Gasteiger charge is 2.22. The average Bonchev–Trinajstić information content (AvgIpc) is 3.11. The molecule has 9 heteroatoms. The van der Waals surface area contributed by atoms with Crippen LogP contribution in [0, 0.1) is 0 Å². The van der Waals surface area contributed by atoms with Crippen molar-refractivity contribution in [3.05, 3.63) is 30.6 Å². The molecular weight excluding hydrogens is 348 g/mol. The molecule has 3 rings (SSSR count). The molecule has 1 fully saturated rings. The van der Waals surface area contributed by atoms with E-state index in [1.807, 2.05) is 6.92 Å². The average molecular weight is 372 g/mol. The van der Waals surface area contributed by atoms with Crippen molar-refractivity contribution < 1.29 is 14.3 Å². The molecule has 3 heterocycles. The number of piperazine rings is 1. The summed E-state index contributed by atoms with van der Waals surface area (Å²) in [5, 5.41) is 2.88. The first-order valence-electron chi connectivity index (χ1n) is 8.83. The molecule has 9 nitrogen and oxygen atoms in total. The van der Waals surface area contributed by atoms with Gasteiger partial charge in [-0.15, -0.1) is 0 Å². The summed E-state index contributed by atoms with van der Waals surface area (Å²) in [6.45, 7) is 8.32. The number of aromatic amines is 1. The molecule has 1 aliphatic heterocycles. The zero-order valence-corrected chi connectivity index (χ0v) is 15.6. The number of H-pyrrole nitrogens is 1. The predicted octanol–water partition coefficient (Wildman–Crippen LogP) is 0.557. The number of nitrogens with zero attached hydrogens (tertiary/aromatic N) is 4. The van der Waals surface area contributed by atoms with Crippen LogP contribution in [0.25, 0.3) is 11.2 Å². The molecule has 0 spiro atoms. The van der Waals surface area contributed by atoms with Crippen LogP contribution in [0.4, 0.5) is 5.82 Å². The quantitative estimate of drug-likeness (QED) is 0.718. The Kier molecular flexibility index (Phi) is 5.70. The van der Waals surface area contributed by atoms with E-state index in [0.29, 0.717) is 55.3 Å². The molecule has 144 valence electrons. The highest BCUT2D eigenvalue weighted by Crippen LogP contribution is 2.20. The largest absolute Gasteiger partial charge is 0.383 e. The Morgan fingerprint density at radius 1 is 1.41 bits per heavy atom. The summed E-state index contributed by atoms with van der Waals surface area (Å²) in [6.07, 6.45) is 4.62. The molecule has 27 heavy (non-hydrogen) atoms. The molecule has 0 radical (unpaired) electrons. The van der Waals surface area contributed by atoms with Gasteiger partial charge in [0.05, 0.1) is 18.4 Å². The first kappa shape index (κ1) is 18.8. The standard InChI is InChI=1S/C18H24N6O3/c1-4-15(25)24-7-5-23(6-8-24)14-10-20-17-16(22-14)13(9-19-17)18(26)21-12(2)11-27-3/h4,9-10,12H,1,5-8,11H2,2-3H3,(H,19,20)(H,21,26)/t12-/m1/s1. The number of anilines is 1. The molecule has 1 aliphatic rings. The van der Waals surface area contributed by atoms with Gasteiger partial charge in [-0.25, -0.2) is 9.97 Å². The molecule has 1 atom stereocenters. The Labute approximate surface area is 157 Å². The minimum absolute atomic E-state index is 0.0639. The third-order valence-corrected chi connectivity index (χ3v) is 4.50. The van der Waals surface area contributed by atoms with Gasteiger partial charge in [0.1, 0.15) is 11.3 Å². The van der Waals surface area contributed by atoms with Crippen LogP contribution in [0.3, 0.4) is 0 Å². The van der Waals surface area contributed by atoms with E-state index in [1.54, 1.807) is 24.4 Å². The molecule has 0 saturated carbocycles. The van der Waals surface area contributed by atoms with Crippen molar-refractivity contribution in [2.75, 3.05) is 44.8 Å². The third-order valence-electron chi connectivity index (χ3n) is 4.50. The van der Waals surface area contributed by atoms with Crippen LogP contribution in [0.15, 0.2) is 25.0 Å². The lowest BCUT2D eigenvalue weighted by Crippen LogP contribution is -2.48. The molecule has 0 bridgehead atoms. The number of carbonyl (C=O) groups is 2. The smallest absolute Gasteiger partial charge is 0.255 e. The molecule has 2 aromatic rings. The monoisotopic (exact) mass is 372 g/mol. The first-order valence-corrected chi connectivity index (χ1v) is 8.83. The molecule has 1 saturated heterocycles. The zero-order valence-electron chi connectivity index (χ0n) is 15.6. The highest BCUT2D eigenvalue weighted by molar-refractivity contribution is 6.04. The molecule has 0 unspecified atom stereocenters. The molecule has 0 aliphatic carbocycles. The van der Waals surface area contributed by atoms with Crippen LogP contribution in [-0.4, -0.2) is 77.6 Å². The zero-order chi connectivity index (χ0) is 19.4. The van der Waals surface area contributed by atoms with Gasteiger partial charge < -0.3 is 24.8 Å². The molecule has 2 N–H and O–H groups in total. The summed E-state index contributed by atoms with van der Waals surface area (Å²) in [5.41, 5.74) is 1.53. The third kappa shape index (κ3) is 4.08. The van der Waals surface area contributed by atoms with Gasteiger partial charge in [0, 0.05) is 45.5 Å².